The number of aryl methyl sites for hydroxylation is 1. The van der Waals surface area contributed by atoms with Gasteiger partial charge in [0.15, 0.2) is 5.00 Å². The van der Waals surface area contributed by atoms with Crippen LogP contribution in [-0.2, 0) is 6.54 Å². The molecule has 0 bridgehead atoms. The van der Waals surface area contributed by atoms with Crippen LogP contribution >= 0.6 is 11.3 Å². The molecule has 1 heterocycles. The molecule has 1 aromatic heterocycles. The van der Waals surface area contributed by atoms with E-state index in [0.717, 1.165) is 28.2 Å². The molecule has 0 spiro atoms. The van der Waals surface area contributed by atoms with Crippen molar-refractivity contribution in [3.05, 3.63) is 75.4 Å². The third-order valence-corrected chi connectivity index (χ3v) is 4.07. The summed E-state index contributed by atoms with van der Waals surface area (Å²) >= 11 is 1.04. The molecule has 23 heavy (non-hydrogen) atoms. The van der Waals surface area contributed by atoms with Crippen LogP contribution in [0.15, 0.2) is 69.6 Å². The fourth-order valence-electron chi connectivity index (χ4n) is 2.07. The van der Waals surface area contributed by atoms with Gasteiger partial charge in [0.05, 0.1) is 5.69 Å². The summed E-state index contributed by atoms with van der Waals surface area (Å²) in [6.07, 6.45) is 0. The smallest absolute Gasteiger partial charge is 0.308 e. The number of aromatic nitrogens is 1. The summed E-state index contributed by atoms with van der Waals surface area (Å²) in [7, 11) is 0. The van der Waals surface area contributed by atoms with Crippen molar-refractivity contribution in [3.8, 4) is 0 Å². The number of hydrogen-bond donors (Lipinski definition) is 2. The molecule has 6 heteroatoms. The fourth-order valence-corrected chi connectivity index (χ4v) is 2.71. The summed E-state index contributed by atoms with van der Waals surface area (Å²) in [5.41, 5.74) is 2.96. The Morgan fingerprint density at radius 3 is 2.57 bits per heavy atom. The summed E-state index contributed by atoms with van der Waals surface area (Å²) in [6, 6.07) is 17.7. The molecule has 5 nitrogen and oxygen atoms in total. The third-order valence-electron chi connectivity index (χ3n) is 3.31. The topological polar surface area (TPSA) is 69.6 Å². The molecular formula is C17H16N4OS. The van der Waals surface area contributed by atoms with Crippen LogP contribution in [0.1, 0.15) is 11.1 Å². The van der Waals surface area contributed by atoms with Crippen LogP contribution in [0, 0.1) is 6.92 Å². The molecule has 0 unspecified atom stereocenters. The molecule has 0 amide bonds. The summed E-state index contributed by atoms with van der Waals surface area (Å²) in [4.78, 5) is 14.2. The number of nitrogens with zero attached hydrogens (tertiary/aromatic N) is 2. The lowest BCUT2D eigenvalue weighted by atomic mass is 10.2. The Morgan fingerprint density at radius 2 is 1.78 bits per heavy atom. The number of anilines is 1. The first-order valence-electron chi connectivity index (χ1n) is 7.20. The van der Waals surface area contributed by atoms with E-state index in [4.69, 9.17) is 0 Å². The molecule has 0 atom stereocenters. The van der Waals surface area contributed by atoms with E-state index in [0.29, 0.717) is 17.4 Å². The molecule has 2 aromatic carbocycles. The molecule has 0 saturated carbocycles. The van der Waals surface area contributed by atoms with Crippen molar-refractivity contribution in [2.45, 2.75) is 13.5 Å². The molecule has 0 fully saturated rings. The number of H-pyrrole nitrogens is 1. The second-order valence-corrected chi connectivity index (χ2v) is 5.98. The maximum Gasteiger partial charge on any atom is 0.308 e. The van der Waals surface area contributed by atoms with E-state index in [1.165, 1.54) is 0 Å². The maximum absolute atomic E-state index is 11.6. The zero-order valence-corrected chi connectivity index (χ0v) is 13.4. The zero-order valence-electron chi connectivity index (χ0n) is 12.6. The minimum Gasteiger partial charge on any atom is -0.365 e. The van der Waals surface area contributed by atoms with Crippen molar-refractivity contribution in [1.29, 1.82) is 0 Å². The van der Waals surface area contributed by atoms with E-state index in [1.807, 2.05) is 61.5 Å². The normalized spacial score (nSPS) is 11.0. The van der Waals surface area contributed by atoms with Gasteiger partial charge in [0, 0.05) is 6.54 Å². The highest BCUT2D eigenvalue weighted by atomic mass is 32.1. The Morgan fingerprint density at radius 1 is 1.04 bits per heavy atom. The number of azo groups is 1. The number of benzene rings is 2. The van der Waals surface area contributed by atoms with Gasteiger partial charge in [-0.15, -0.1) is 10.2 Å². The first-order valence-corrected chi connectivity index (χ1v) is 8.02. The minimum absolute atomic E-state index is 0.153. The van der Waals surface area contributed by atoms with E-state index >= 15 is 0 Å². The molecule has 0 radical (unpaired) electrons. The molecule has 2 N–H and O–H groups in total. The van der Waals surface area contributed by atoms with Crippen LogP contribution < -0.4 is 10.2 Å². The number of hydrogen-bond acceptors (Lipinski definition) is 5. The predicted molar refractivity (Wildman–Crippen MR) is 94.1 cm³/mol. The lowest BCUT2D eigenvalue weighted by Gasteiger charge is -2.04. The lowest BCUT2D eigenvalue weighted by Crippen LogP contribution is -2.02. The van der Waals surface area contributed by atoms with E-state index in [1.54, 1.807) is 0 Å². The van der Waals surface area contributed by atoms with Crippen LogP contribution in [0.3, 0.4) is 0 Å². The second kappa shape index (κ2) is 7.02. The van der Waals surface area contributed by atoms with Crippen LogP contribution in [-0.4, -0.2) is 4.98 Å². The van der Waals surface area contributed by atoms with Gasteiger partial charge in [-0.1, -0.05) is 59.9 Å². The van der Waals surface area contributed by atoms with Gasteiger partial charge in [-0.2, -0.15) is 0 Å². The van der Waals surface area contributed by atoms with Crippen molar-refractivity contribution < 1.29 is 0 Å². The summed E-state index contributed by atoms with van der Waals surface area (Å²) in [6.45, 7) is 2.59. The van der Waals surface area contributed by atoms with Gasteiger partial charge in [0.2, 0.25) is 0 Å². The molecule has 0 saturated heterocycles. The summed E-state index contributed by atoms with van der Waals surface area (Å²) < 4.78 is 0. The van der Waals surface area contributed by atoms with Gasteiger partial charge >= 0.3 is 4.87 Å². The third kappa shape index (κ3) is 3.92. The van der Waals surface area contributed by atoms with Crippen molar-refractivity contribution >= 4 is 27.8 Å². The van der Waals surface area contributed by atoms with E-state index < -0.39 is 0 Å². The van der Waals surface area contributed by atoms with Crippen molar-refractivity contribution in [2.75, 3.05) is 5.32 Å². The molecule has 0 aliphatic heterocycles. The van der Waals surface area contributed by atoms with Gasteiger partial charge in [-0.25, -0.2) is 0 Å². The number of nitrogens with one attached hydrogen (secondary N) is 2. The Kier molecular flexibility index (Phi) is 4.63. The van der Waals surface area contributed by atoms with Gasteiger partial charge in [0.25, 0.3) is 0 Å². The van der Waals surface area contributed by atoms with E-state index in [2.05, 4.69) is 20.5 Å². The van der Waals surface area contributed by atoms with Crippen LogP contribution in [0.25, 0.3) is 0 Å². The summed E-state index contributed by atoms with van der Waals surface area (Å²) in [5, 5.41) is 12.2. The minimum atomic E-state index is -0.153. The largest absolute Gasteiger partial charge is 0.365 e. The molecule has 3 aromatic rings. The molecule has 3 rings (SSSR count). The van der Waals surface area contributed by atoms with Crippen molar-refractivity contribution in [2.24, 2.45) is 10.2 Å². The average Bonchev–Trinajstić information content (AvgIpc) is 2.93. The maximum atomic E-state index is 11.6. The second-order valence-electron chi connectivity index (χ2n) is 5.02. The zero-order chi connectivity index (χ0) is 16.1. The first kappa shape index (κ1) is 15.2. The van der Waals surface area contributed by atoms with Crippen LogP contribution in [0.2, 0.25) is 0 Å². The summed E-state index contributed by atoms with van der Waals surface area (Å²) in [5.74, 6) is 0.598. The Bertz CT molecular complexity index is 868. The highest BCUT2D eigenvalue weighted by Gasteiger charge is 2.07. The highest BCUT2D eigenvalue weighted by molar-refractivity contribution is 7.13. The van der Waals surface area contributed by atoms with Gasteiger partial charge in [-0.3, -0.25) is 9.78 Å². The van der Waals surface area contributed by atoms with Crippen LogP contribution in [0.5, 0.6) is 0 Å². The van der Waals surface area contributed by atoms with E-state index in [9.17, 15) is 4.79 Å². The molecule has 0 aliphatic rings. The standard InChI is InChI=1S/C17H16N4OS/c1-12-7-5-6-10-14(12)20-21-16-15(19-17(22)23-16)18-11-13-8-3-2-4-9-13/h2-10,18H,11H2,1H3,(H,19,22). The number of thiazole rings is 1. The lowest BCUT2D eigenvalue weighted by molar-refractivity contribution is 1.11. The highest BCUT2D eigenvalue weighted by Crippen LogP contribution is 2.29. The van der Waals surface area contributed by atoms with Crippen molar-refractivity contribution in [1.82, 2.24) is 4.98 Å². The first-order chi connectivity index (χ1) is 11.2. The van der Waals surface area contributed by atoms with Gasteiger partial charge in [-0.05, 0) is 24.1 Å². The Hall–Kier alpha value is -2.73. The Balaban J connectivity index is 1.78. The SMILES string of the molecule is Cc1ccccc1N=Nc1sc(=O)[nH]c1NCc1ccccc1. The van der Waals surface area contributed by atoms with E-state index in [-0.39, 0.29) is 4.87 Å². The quantitative estimate of drug-likeness (QED) is 0.664. The molecular weight excluding hydrogens is 308 g/mol. The van der Waals surface area contributed by atoms with Gasteiger partial charge in [0.1, 0.15) is 5.82 Å². The monoisotopic (exact) mass is 324 g/mol. The predicted octanol–water partition coefficient (Wildman–Crippen LogP) is 4.77. The van der Waals surface area contributed by atoms with Crippen LogP contribution in [0.4, 0.5) is 16.5 Å². The average molecular weight is 324 g/mol. The number of rotatable bonds is 5. The van der Waals surface area contributed by atoms with Crippen molar-refractivity contribution in [3.63, 3.8) is 0 Å². The number of aromatic amines is 1. The van der Waals surface area contributed by atoms with Gasteiger partial charge < -0.3 is 5.32 Å². The molecule has 0 aliphatic carbocycles. The fraction of sp³-hybridized carbons (Fsp3) is 0.118. The Labute approximate surface area is 137 Å². The molecule has 116 valence electrons.